The molecule has 1 rings (SSSR count). The maximum absolute atomic E-state index is 5.54. The number of ether oxygens (including phenoxy) is 1. The lowest BCUT2D eigenvalue weighted by atomic mass is 10.1. The Bertz CT molecular complexity index is 317. The van der Waals surface area contributed by atoms with Gasteiger partial charge in [0.2, 0.25) is 0 Å². The minimum absolute atomic E-state index is 0.662. The highest BCUT2D eigenvalue weighted by atomic mass is 16.6. The Balaban J connectivity index is 1.76. The van der Waals surface area contributed by atoms with Gasteiger partial charge in [0.1, 0.15) is 5.76 Å². The van der Waals surface area contributed by atoms with Gasteiger partial charge in [-0.25, -0.2) is 0 Å². The molecule has 0 saturated carbocycles. The maximum Gasteiger partial charge on any atom is 0.284 e. The molecule has 2 heteroatoms. The smallest absolute Gasteiger partial charge is 0.284 e. The fourth-order valence-electron chi connectivity index (χ4n) is 2.43. The van der Waals surface area contributed by atoms with E-state index in [-0.39, 0.29) is 0 Å². The molecule has 1 aromatic rings. The summed E-state index contributed by atoms with van der Waals surface area (Å²) in [5.74, 6) is 1.58. The Morgan fingerprint density at radius 1 is 0.800 bits per heavy atom. The van der Waals surface area contributed by atoms with Crippen LogP contribution in [-0.2, 0) is 0 Å². The van der Waals surface area contributed by atoms with Gasteiger partial charge in [0.15, 0.2) is 0 Å². The highest BCUT2D eigenvalue weighted by Gasteiger charge is 1.98. The van der Waals surface area contributed by atoms with Gasteiger partial charge in [-0.3, -0.25) is 0 Å². The Morgan fingerprint density at radius 3 is 1.85 bits per heavy atom. The topological polar surface area (TPSA) is 22.4 Å². The molecule has 0 aromatic carbocycles. The van der Waals surface area contributed by atoms with E-state index in [4.69, 9.17) is 9.15 Å². The minimum Gasteiger partial charge on any atom is -0.465 e. The molecule has 116 valence electrons. The molecule has 0 aliphatic rings. The summed E-state index contributed by atoms with van der Waals surface area (Å²) >= 11 is 0. The SMILES string of the molecule is CCCCCCCCCCCCCOc1ccc(C)o1. The first-order valence-electron chi connectivity index (χ1n) is 8.52. The zero-order chi connectivity index (χ0) is 14.5. The lowest BCUT2D eigenvalue weighted by molar-refractivity contribution is 0.232. The van der Waals surface area contributed by atoms with Crippen molar-refractivity contribution in [2.45, 2.75) is 84.5 Å². The molecular formula is C18H32O2. The molecule has 0 radical (unpaired) electrons. The first kappa shape index (κ1) is 17.1. The van der Waals surface area contributed by atoms with Crippen molar-refractivity contribution in [3.63, 3.8) is 0 Å². The molecule has 2 nitrogen and oxygen atoms in total. The van der Waals surface area contributed by atoms with Gasteiger partial charge in [0.05, 0.1) is 6.61 Å². The van der Waals surface area contributed by atoms with E-state index in [1.807, 2.05) is 19.1 Å². The Kier molecular flexibility index (Phi) is 10.2. The van der Waals surface area contributed by atoms with Crippen LogP contribution in [0, 0.1) is 6.92 Å². The number of hydrogen-bond donors (Lipinski definition) is 0. The Labute approximate surface area is 124 Å². The van der Waals surface area contributed by atoms with E-state index in [2.05, 4.69) is 6.92 Å². The van der Waals surface area contributed by atoms with E-state index in [0.29, 0.717) is 5.95 Å². The Hall–Kier alpha value is -0.920. The van der Waals surface area contributed by atoms with Crippen LogP contribution in [0.15, 0.2) is 16.5 Å². The molecule has 0 atom stereocenters. The van der Waals surface area contributed by atoms with E-state index < -0.39 is 0 Å². The fraction of sp³-hybridized carbons (Fsp3) is 0.778. The standard InChI is InChI=1S/C18H32O2/c1-3-4-5-6-7-8-9-10-11-12-13-16-19-18-15-14-17(2)20-18/h14-15H,3-13,16H2,1-2H3. The molecule has 1 heterocycles. The van der Waals surface area contributed by atoms with Crippen LogP contribution in [-0.4, -0.2) is 6.61 Å². The summed E-state index contributed by atoms with van der Waals surface area (Å²) in [6.07, 6.45) is 15.0. The summed E-state index contributed by atoms with van der Waals surface area (Å²) in [6.45, 7) is 5.00. The molecular weight excluding hydrogens is 248 g/mol. The van der Waals surface area contributed by atoms with Crippen molar-refractivity contribution in [2.24, 2.45) is 0 Å². The Morgan fingerprint density at radius 2 is 1.35 bits per heavy atom. The van der Waals surface area contributed by atoms with Crippen molar-refractivity contribution < 1.29 is 9.15 Å². The maximum atomic E-state index is 5.54. The number of rotatable bonds is 13. The van der Waals surface area contributed by atoms with Crippen LogP contribution in [0.4, 0.5) is 0 Å². The average Bonchev–Trinajstić information content (AvgIpc) is 2.86. The normalized spacial score (nSPS) is 10.9. The highest BCUT2D eigenvalue weighted by molar-refractivity contribution is 5.10. The number of aryl methyl sites for hydroxylation is 1. The summed E-state index contributed by atoms with van der Waals surface area (Å²) in [7, 11) is 0. The van der Waals surface area contributed by atoms with Gasteiger partial charge < -0.3 is 9.15 Å². The van der Waals surface area contributed by atoms with Crippen LogP contribution in [0.2, 0.25) is 0 Å². The van der Waals surface area contributed by atoms with Gasteiger partial charge in [-0.2, -0.15) is 0 Å². The van der Waals surface area contributed by atoms with Crippen LogP contribution in [0.25, 0.3) is 0 Å². The lowest BCUT2D eigenvalue weighted by Crippen LogP contribution is -1.96. The lowest BCUT2D eigenvalue weighted by Gasteiger charge is -2.03. The van der Waals surface area contributed by atoms with Crippen LogP contribution in [0.5, 0.6) is 5.95 Å². The van der Waals surface area contributed by atoms with Crippen molar-refractivity contribution in [1.82, 2.24) is 0 Å². The number of furan rings is 1. The van der Waals surface area contributed by atoms with Gasteiger partial charge in [-0.15, -0.1) is 0 Å². The molecule has 1 aromatic heterocycles. The van der Waals surface area contributed by atoms with Gasteiger partial charge in [0.25, 0.3) is 5.95 Å². The second-order valence-electron chi connectivity index (χ2n) is 5.75. The zero-order valence-corrected chi connectivity index (χ0v) is 13.5. The average molecular weight is 280 g/mol. The predicted octanol–water partition coefficient (Wildman–Crippen LogP) is 6.28. The van der Waals surface area contributed by atoms with E-state index in [9.17, 15) is 0 Å². The van der Waals surface area contributed by atoms with Crippen molar-refractivity contribution in [1.29, 1.82) is 0 Å². The first-order chi connectivity index (χ1) is 9.83. The van der Waals surface area contributed by atoms with E-state index in [0.717, 1.165) is 18.8 Å². The second-order valence-corrected chi connectivity index (χ2v) is 5.75. The zero-order valence-electron chi connectivity index (χ0n) is 13.5. The van der Waals surface area contributed by atoms with E-state index in [1.165, 1.54) is 64.2 Å². The van der Waals surface area contributed by atoms with Gasteiger partial charge >= 0.3 is 0 Å². The van der Waals surface area contributed by atoms with Crippen LogP contribution in [0.3, 0.4) is 0 Å². The third-order valence-electron chi connectivity index (χ3n) is 3.71. The minimum atomic E-state index is 0.662. The van der Waals surface area contributed by atoms with Crippen molar-refractivity contribution in [3.05, 3.63) is 17.9 Å². The molecule has 0 aliphatic carbocycles. The second kappa shape index (κ2) is 11.9. The van der Waals surface area contributed by atoms with Gasteiger partial charge in [-0.1, -0.05) is 71.1 Å². The molecule has 0 aliphatic heterocycles. The van der Waals surface area contributed by atoms with Crippen LogP contribution >= 0.6 is 0 Å². The summed E-state index contributed by atoms with van der Waals surface area (Å²) in [5, 5.41) is 0. The van der Waals surface area contributed by atoms with Crippen LogP contribution < -0.4 is 4.74 Å². The van der Waals surface area contributed by atoms with Gasteiger partial charge in [-0.05, 0) is 19.4 Å². The molecule has 0 fully saturated rings. The predicted molar refractivity (Wildman–Crippen MR) is 85.4 cm³/mol. The molecule has 0 saturated heterocycles. The summed E-state index contributed by atoms with van der Waals surface area (Å²) in [5.41, 5.74) is 0. The third-order valence-corrected chi connectivity index (χ3v) is 3.71. The molecule has 0 spiro atoms. The summed E-state index contributed by atoms with van der Waals surface area (Å²) in [4.78, 5) is 0. The van der Waals surface area contributed by atoms with E-state index in [1.54, 1.807) is 0 Å². The summed E-state index contributed by atoms with van der Waals surface area (Å²) in [6, 6.07) is 3.84. The molecule has 0 bridgehead atoms. The van der Waals surface area contributed by atoms with Crippen molar-refractivity contribution in [3.8, 4) is 5.95 Å². The molecule has 20 heavy (non-hydrogen) atoms. The monoisotopic (exact) mass is 280 g/mol. The molecule has 0 unspecified atom stereocenters. The largest absolute Gasteiger partial charge is 0.465 e. The molecule has 0 N–H and O–H groups in total. The molecule has 0 amide bonds. The van der Waals surface area contributed by atoms with Crippen molar-refractivity contribution >= 4 is 0 Å². The highest BCUT2D eigenvalue weighted by Crippen LogP contribution is 2.15. The third kappa shape index (κ3) is 9.06. The number of unbranched alkanes of at least 4 members (excludes halogenated alkanes) is 10. The van der Waals surface area contributed by atoms with Crippen molar-refractivity contribution in [2.75, 3.05) is 6.61 Å². The van der Waals surface area contributed by atoms with Gasteiger partial charge in [0, 0.05) is 6.07 Å². The first-order valence-corrected chi connectivity index (χ1v) is 8.52. The quantitative estimate of drug-likeness (QED) is 0.397. The number of hydrogen-bond acceptors (Lipinski definition) is 2. The van der Waals surface area contributed by atoms with Crippen LogP contribution in [0.1, 0.15) is 83.3 Å². The van der Waals surface area contributed by atoms with E-state index >= 15 is 0 Å². The fourth-order valence-corrected chi connectivity index (χ4v) is 2.43. The summed E-state index contributed by atoms with van der Waals surface area (Å²) < 4.78 is 10.9.